The van der Waals surface area contributed by atoms with Crippen molar-refractivity contribution in [1.29, 1.82) is 5.41 Å². The van der Waals surface area contributed by atoms with Gasteiger partial charge >= 0.3 is 0 Å². The number of aliphatic hydroxyl groups excluding tert-OH is 1. The van der Waals surface area contributed by atoms with Crippen LogP contribution in [0.4, 0.5) is 4.39 Å². The zero-order valence-corrected chi connectivity index (χ0v) is 13.9. The van der Waals surface area contributed by atoms with E-state index in [0.717, 1.165) is 32.1 Å². The molecule has 2 nitrogen and oxygen atoms in total. The number of rotatable bonds is 0. The molecule has 0 radical (unpaired) electrons. The van der Waals surface area contributed by atoms with Crippen molar-refractivity contribution in [3.63, 3.8) is 0 Å². The molecule has 0 saturated heterocycles. The molecule has 0 aromatic heterocycles. The van der Waals surface area contributed by atoms with Gasteiger partial charge in [-0.05, 0) is 80.5 Å². The highest BCUT2D eigenvalue weighted by molar-refractivity contribution is 5.93. The fraction of sp³-hybridized carbons (Fsp3) is 0.947. The van der Waals surface area contributed by atoms with Gasteiger partial charge in [-0.25, -0.2) is 4.39 Å². The van der Waals surface area contributed by atoms with Crippen LogP contribution in [0.5, 0.6) is 0 Å². The van der Waals surface area contributed by atoms with Crippen LogP contribution in [0.3, 0.4) is 0 Å². The van der Waals surface area contributed by atoms with Crippen LogP contribution in [-0.4, -0.2) is 23.1 Å². The molecule has 0 aromatic rings. The molecule has 0 heterocycles. The Morgan fingerprint density at radius 2 is 1.82 bits per heavy atom. The van der Waals surface area contributed by atoms with Crippen molar-refractivity contribution in [3.05, 3.63) is 0 Å². The molecular formula is C19H30FNO. The normalized spacial score (nSPS) is 57.9. The van der Waals surface area contributed by atoms with Crippen molar-refractivity contribution in [2.24, 2.45) is 34.5 Å². The lowest BCUT2D eigenvalue weighted by Crippen LogP contribution is -2.54. The highest BCUT2D eigenvalue weighted by Gasteiger charge is 2.61. The van der Waals surface area contributed by atoms with Crippen LogP contribution >= 0.6 is 0 Å². The number of fused-ring (bicyclic) bond motifs is 5. The van der Waals surface area contributed by atoms with Gasteiger partial charge in [0.05, 0.1) is 6.10 Å². The Morgan fingerprint density at radius 3 is 2.59 bits per heavy atom. The highest BCUT2D eigenvalue weighted by atomic mass is 19.1. The van der Waals surface area contributed by atoms with E-state index in [1.165, 1.54) is 12.8 Å². The standard InChI is InChI=1S/C19H30FNO/c1-18-7-5-12(22)9-11(18)3-4-13-14(18)6-8-19(2)15(13)10-16(20)17(19)21/h11-16,21-22H,3-10H2,1-2H3/t11?,12?,13-,14-,15+,16?,18+,19+/m1/s1. The Labute approximate surface area is 133 Å². The molecule has 0 bridgehead atoms. The maximum atomic E-state index is 14.2. The fourth-order valence-electron chi connectivity index (χ4n) is 7.02. The second-order valence-electron chi connectivity index (χ2n) is 9.16. The summed E-state index contributed by atoms with van der Waals surface area (Å²) >= 11 is 0. The zero-order chi connectivity index (χ0) is 15.7. The average Bonchev–Trinajstić information content (AvgIpc) is 2.72. The number of halogens is 1. The summed E-state index contributed by atoms with van der Waals surface area (Å²) in [5, 5.41) is 18.3. The molecule has 4 fully saturated rings. The van der Waals surface area contributed by atoms with Crippen molar-refractivity contribution in [1.82, 2.24) is 0 Å². The summed E-state index contributed by atoms with van der Waals surface area (Å²) in [6.07, 6.45) is 7.12. The van der Waals surface area contributed by atoms with Gasteiger partial charge in [0.15, 0.2) is 0 Å². The Balaban J connectivity index is 1.64. The molecule has 8 atom stereocenters. The number of hydrogen-bond donors (Lipinski definition) is 2. The summed E-state index contributed by atoms with van der Waals surface area (Å²) in [5.74, 6) is 2.34. The van der Waals surface area contributed by atoms with E-state index in [0.29, 0.717) is 41.2 Å². The van der Waals surface area contributed by atoms with Gasteiger partial charge in [-0.3, -0.25) is 0 Å². The van der Waals surface area contributed by atoms with Crippen molar-refractivity contribution >= 4 is 5.71 Å². The summed E-state index contributed by atoms with van der Waals surface area (Å²) in [7, 11) is 0. The SMILES string of the molecule is C[C@]12CCC(O)CC1CC[C@@H]1[C@H]2CC[C@]2(C)C(=N)C(F)C[C@@H]12. The smallest absolute Gasteiger partial charge is 0.138 e. The lowest BCUT2D eigenvalue weighted by molar-refractivity contribution is -0.114. The minimum atomic E-state index is -0.993. The van der Waals surface area contributed by atoms with Gasteiger partial charge in [-0.1, -0.05) is 13.8 Å². The predicted octanol–water partition coefficient (Wildman–Crippen LogP) is 4.36. The van der Waals surface area contributed by atoms with Gasteiger partial charge in [0.1, 0.15) is 6.17 Å². The minimum Gasteiger partial charge on any atom is -0.393 e. The number of aliphatic hydroxyl groups is 1. The molecule has 0 aromatic carbocycles. The monoisotopic (exact) mass is 307 g/mol. The van der Waals surface area contributed by atoms with Crippen LogP contribution in [0, 0.1) is 39.9 Å². The zero-order valence-electron chi connectivity index (χ0n) is 13.9. The second kappa shape index (κ2) is 4.78. The summed E-state index contributed by atoms with van der Waals surface area (Å²) in [6.45, 7) is 4.62. The molecular weight excluding hydrogens is 277 g/mol. The largest absolute Gasteiger partial charge is 0.393 e. The summed E-state index contributed by atoms with van der Waals surface area (Å²) < 4.78 is 14.2. The molecule has 0 amide bonds. The molecule has 124 valence electrons. The van der Waals surface area contributed by atoms with Crippen LogP contribution in [0.2, 0.25) is 0 Å². The van der Waals surface area contributed by atoms with Crippen molar-refractivity contribution in [3.8, 4) is 0 Å². The molecule has 2 N–H and O–H groups in total. The molecule has 0 spiro atoms. The highest BCUT2D eigenvalue weighted by Crippen LogP contribution is 2.65. The first kappa shape index (κ1) is 15.1. The van der Waals surface area contributed by atoms with E-state index in [1.807, 2.05) is 0 Å². The van der Waals surface area contributed by atoms with E-state index < -0.39 is 6.17 Å². The third kappa shape index (κ3) is 1.84. The van der Waals surface area contributed by atoms with Gasteiger partial charge < -0.3 is 10.5 Å². The lowest BCUT2D eigenvalue weighted by atomic mass is 9.45. The topological polar surface area (TPSA) is 44.1 Å². The maximum Gasteiger partial charge on any atom is 0.138 e. The van der Waals surface area contributed by atoms with Crippen LogP contribution in [0.15, 0.2) is 0 Å². The average molecular weight is 307 g/mol. The number of hydrogen-bond acceptors (Lipinski definition) is 2. The molecule has 4 saturated carbocycles. The van der Waals surface area contributed by atoms with E-state index in [-0.39, 0.29) is 11.5 Å². The van der Waals surface area contributed by atoms with Crippen LogP contribution in [-0.2, 0) is 0 Å². The third-order valence-corrected chi connectivity index (χ3v) is 8.42. The Kier molecular flexibility index (Phi) is 3.28. The van der Waals surface area contributed by atoms with Gasteiger partial charge in [0.2, 0.25) is 0 Å². The molecule has 4 aliphatic rings. The van der Waals surface area contributed by atoms with Gasteiger partial charge in [0, 0.05) is 11.1 Å². The van der Waals surface area contributed by atoms with Crippen LogP contribution in [0.1, 0.15) is 65.2 Å². The van der Waals surface area contributed by atoms with Gasteiger partial charge in [0.25, 0.3) is 0 Å². The molecule has 4 rings (SSSR count). The van der Waals surface area contributed by atoms with Crippen LogP contribution < -0.4 is 0 Å². The Hall–Kier alpha value is -0.440. The molecule has 4 aliphatic carbocycles. The van der Waals surface area contributed by atoms with Crippen molar-refractivity contribution in [2.45, 2.75) is 77.5 Å². The number of alkyl halides is 1. The van der Waals surface area contributed by atoms with E-state index in [2.05, 4.69) is 13.8 Å². The summed E-state index contributed by atoms with van der Waals surface area (Å²) in [4.78, 5) is 0. The lowest BCUT2D eigenvalue weighted by Gasteiger charge is -2.60. The second-order valence-corrected chi connectivity index (χ2v) is 9.16. The van der Waals surface area contributed by atoms with E-state index in [4.69, 9.17) is 5.41 Å². The first-order valence-electron chi connectivity index (χ1n) is 9.27. The van der Waals surface area contributed by atoms with Crippen molar-refractivity contribution in [2.75, 3.05) is 0 Å². The molecule has 0 aliphatic heterocycles. The van der Waals surface area contributed by atoms with Gasteiger partial charge in [-0.2, -0.15) is 0 Å². The van der Waals surface area contributed by atoms with E-state index in [9.17, 15) is 9.50 Å². The predicted molar refractivity (Wildman–Crippen MR) is 85.7 cm³/mol. The quantitative estimate of drug-likeness (QED) is 0.686. The fourth-order valence-corrected chi connectivity index (χ4v) is 7.02. The molecule has 3 unspecified atom stereocenters. The third-order valence-electron chi connectivity index (χ3n) is 8.42. The van der Waals surface area contributed by atoms with Crippen molar-refractivity contribution < 1.29 is 9.50 Å². The Bertz CT molecular complexity index is 494. The first-order chi connectivity index (χ1) is 10.4. The minimum absolute atomic E-state index is 0.0987. The maximum absolute atomic E-state index is 14.2. The summed E-state index contributed by atoms with van der Waals surface area (Å²) in [6, 6.07) is 0. The van der Waals surface area contributed by atoms with E-state index >= 15 is 0 Å². The van der Waals surface area contributed by atoms with Crippen LogP contribution in [0.25, 0.3) is 0 Å². The number of nitrogens with one attached hydrogen (secondary N) is 1. The Morgan fingerprint density at radius 1 is 1.05 bits per heavy atom. The van der Waals surface area contributed by atoms with E-state index in [1.54, 1.807) is 0 Å². The summed E-state index contributed by atoms with van der Waals surface area (Å²) in [5.41, 5.74) is 0.570. The first-order valence-corrected chi connectivity index (χ1v) is 9.27. The van der Waals surface area contributed by atoms with Gasteiger partial charge in [-0.15, -0.1) is 0 Å². The molecule has 22 heavy (non-hydrogen) atoms. The molecule has 3 heteroatoms.